The van der Waals surface area contributed by atoms with E-state index in [-0.39, 0.29) is 0 Å². The van der Waals surface area contributed by atoms with Gasteiger partial charge in [0.25, 0.3) is 0 Å². The lowest BCUT2D eigenvalue weighted by Crippen LogP contribution is -2.53. The lowest BCUT2D eigenvalue weighted by molar-refractivity contribution is -0.154. The van der Waals surface area contributed by atoms with Crippen molar-refractivity contribution in [2.24, 2.45) is 23.2 Å². The number of piperidine rings is 1. The van der Waals surface area contributed by atoms with Crippen LogP contribution in [0, 0.1) is 23.2 Å². The smallest absolute Gasteiger partial charge is 0.310 e. The molecule has 0 aromatic heterocycles. The highest BCUT2D eigenvalue weighted by molar-refractivity contribution is 5.75. The van der Waals surface area contributed by atoms with Gasteiger partial charge in [0.05, 0.1) is 5.41 Å². The second-order valence-corrected chi connectivity index (χ2v) is 7.76. The van der Waals surface area contributed by atoms with Crippen LogP contribution in [0.15, 0.2) is 0 Å². The maximum Gasteiger partial charge on any atom is 0.310 e. The molecular formula is C17H31NO2. The van der Waals surface area contributed by atoms with Crippen molar-refractivity contribution in [2.45, 2.75) is 65.8 Å². The molecule has 0 spiro atoms. The molecule has 20 heavy (non-hydrogen) atoms. The van der Waals surface area contributed by atoms with Crippen LogP contribution >= 0.6 is 0 Å². The SMILES string of the molecule is CC1CCC(CN2CC(C)CC(C)C2C)(C(=O)O)CC1. The van der Waals surface area contributed by atoms with Gasteiger partial charge in [-0.25, -0.2) is 0 Å². The van der Waals surface area contributed by atoms with E-state index in [0.717, 1.165) is 38.8 Å². The molecule has 2 rings (SSSR count). The van der Waals surface area contributed by atoms with Crippen molar-refractivity contribution in [3.8, 4) is 0 Å². The predicted octanol–water partition coefficient (Wildman–Crippen LogP) is 3.63. The van der Waals surface area contributed by atoms with Gasteiger partial charge < -0.3 is 5.11 Å². The summed E-state index contributed by atoms with van der Waals surface area (Å²) in [5, 5.41) is 9.80. The van der Waals surface area contributed by atoms with Crippen LogP contribution in [-0.2, 0) is 4.79 Å². The molecule has 1 N–H and O–H groups in total. The van der Waals surface area contributed by atoms with Gasteiger partial charge in [-0.2, -0.15) is 0 Å². The Bertz CT molecular complexity index is 347. The largest absolute Gasteiger partial charge is 0.481 e. The number of carbonyl (C=O) groups is 1. The van der Waals surface area contributed by atoms with E-state index in [1.807, 2.05) is 0 Å². The third-order valence-corrected chi connectivity index (χ3v) is 5.91. The standard InChI is InChI=1S/C17H31NO2/c1-12-5-7-17(8-6-12,16(19)20)11-18-10-13(2)9-14(3)15(18)4/h12-15H,5-11H2,1-4H3,(H,19,20). The molecule has 0 aromatic carbocycles. The number of rotatable bonds is 3. The van der Waals surface area contributed by atoms with Crippen LogP contribution in [0.2, 0.25) is 0 Å². The zero-order chi connectivity index (χ0) is 14.9. The zero-order valence-electron chi connectivity index (χ0n) is 13.6. The van der Waals surface area contributed by atoms with Crippen LogP contribution in [-0.4, -0.2) is 35.1 Å². The monoisotopic (exact) mass is 281 g/mol. The molecule has 1 saturated carbocycles. The Balaban J connectivity index is 2.10. The first-order valence-electron chi connectivity index (χ1n) is 8.31. The molecule has 1 saturated heterocycles. The summed E-state index contributed by atoms with van der Waals surface area (Å²) in [6, 6.07) is 0.516. The number of nitrogens with zero attached hydrogens (tertiary/aromatic N) is 1. The maximum absolute atomic E-state index is 11.9. The van der Waals surface area contributed by atoms with Crippen molar-refractivity contribution >= 4 is 5.97 Å². The fourth-order valence-corrected chi connectivity index (χ4v) is 4.18. The van der Waals surface area contributed by atoms with Crippen molar-refractivity contribution in [3.05, 3.63) is 0 Å². The molecule has 3 atom stereocenters. The van der Waals surface area contributed by atoms with Crippen molar-refractivity contribution < 1.29 is 9.90 Å². The number of hydrogen-bond acceptors (Lipinski definition) is 2. The minimum atomic E-state index is -0.567. The molecular weight excluding hydrogens is 250 g/mol. The third kappa shape index (κ3) is 3.19. The number of carboxylic acids is 1. The Labute approximate surface area is 123 Å². The van der Waals surface area contributed by atoms with Crippen LogP contribution < -0.4 is 0 Å². The average molecular weight is 281 g/mol. The molecule has 2 fully saturated rings. The normalized spacial score (nSPS) is 43.4. The maximum atomic E-state index is 11.9. The Morgan fingerprint density at radius 3 is 2.30 bits per heavy atom. The first-order chi connectivity index (χ1) is 9.34. The highest BCUT2D eigenvalue weighted by Gasteiger charge is 2.44. The summed E-state index contributed by atoms with van der Waals surface area (Å²) in [6.07, 6.45) is 5.12. The molecule has 3 unspecified atom stereocenters. The van der Waals surface area contributed by atoms with E-state index in [0.29, 0.717) is 23.8 Å². The van der Waals surface area contributed by atoms with E-state index in [9.17, 15) is 9.90 Å². The van der Waals surface area contributed by atoms with Gasteiger partial charge in [0.2, 0.25) is 0 Å². The summed E-state index contributed by atoms with van der Waals surface area (Å²) in [5.41, 5.74) is -0.489. The van der Waals surface area contributed by atoms with Crippen molar-refractivity contribution in [1.82, 2.24) is 4.90 Å². The Morgan fingerprint density at radius 1 is 1.15 bits per heavy atom. The van der Waals surface area contributed by atoms with Crippen LogP contribution in [0.3, 0.4) is 0 Å². The predicted molar refractivity (Wildman–Crippen MR) is 81.7 cm³/mol. The van der Waals surface area contributed by atoms with Crippen molar-refractivity contribution in [1.29, 1.82) is 0 Å². The van der Waals surface area contributed by atoms with E-state index in [1.165, 1.54) is 6.42 Å². The molecule has 0 aromatic rings. The second-order valence-electron chi connectivity index (χ2n) is 7.76. The molecule has 1 aliphatic heterocycles. The van der Waals surface area contributed by atoms with E-state index >= 15 is 0 Å². The summed E-state index contributed by atoms with van der Waals surface area (Å²) in [6.45, 7) is 11.0. The molecule has 2 aliphatic rings. The Kier molecular flexibility index (Phi) is 4.78. The molecule has 0 radical (unpaired) electrons. The van der Waals surface area contributed by atoms with Crippen LogP contribution in [0.1, 0.15) is 59.8 Å². The van der Waals surface area contributed by atoms with Gasteiger partial charge in [0.1, 0.15) is 0 Å². The van der Waals surface area contributed by atoms with E-state index in [4.69, 9.17) is 0 Å². The average Bonchev–Trinajstić information content (AvgIpc) is 2.38. The van der Waals surface area contributed by atoms with Gasteiger partial charge in [-0.1, -0.05) is 20.8 Å². The van der Waals surface area contributed by atoms with Gasteiger partial charge in [0, 0.05) is 19.1 Å². The first-order valence-corrected chi connectivity index (χ1v) is 8.31. The van der Waals surface area contributed by atoms with E-state index in [1.54, 1.807) is 0 Å². The van der Waals surface area contributed by atoms with Crippen LogP contribution in [0.25, 0.3) is 0 Å². The minimum Gasteiger partial charge on any atom is -0.481 e. The minimum absolute atomic E-state index is 0.489. The zero-order valence-corrected chi connectivity index (χ0v) is 13.6. The summed E-state index contributed by atoms with van der Waals surface area (Å²) >= 11 is 0. The fraction of sp³-hybridized carbons (Fsp3) is 0.941. The molecule has 0 bridgehead atoms. The molecule has 3 nitrogen and oxygen atoms in total. The van der Waals surface area contributed by atoms with Gasteiger partial charge in [-0.15, -0.1) is 0 Å². The number of carboxylic acid groups (broad SMARTS) is 1. The van der Waals surface area contributed by atoms with Crippen LogP contribution in [0.4, 0.5) is 0 Å². The third-order valence-electron chi connectivity index (χ3n) is 5.91. The summed E-state index contributed by atoms with van der Waals surface area (Å²) in [7, 11) is 0. The fourth-order valence-electron chi connectivity index (χ4n) is 4.18. The lowest BCUT2D eigenvalue weighted by atomic mass is 9.70. The van der Waals surface area contributed by atoms with E-state index in [2.05, 4.69) is 32.6 Å². The Morgan fingerprint density at radius 2 is 1.75 bits per heavy atom. The number of aliphatic carboxylic acids is 1. The van der Waals surface area contributed by atoms with Gasteiger partial charge in [-0.3, -0.25) is 9.69 Å². The molecule has 3 heteroatoms. The molecule has 0 amide bonds. The highest BCUT2D eigenvalue weighted by Crippen LogP contribution is 2.41. The molecule has 1 aliphatic carbocycles. The summed E-state index contributed by atoms with van der Waals surface area (Å²) < 4.78 is 0. The highest BCUT2D eigenvalue weighted by atomic mass is 16.4. The lowest BCUT2D eigenvalue weighted by Gasteiger charge is -2.46. The topological polar surface area (TPSA) is 40.5 Å². The molecule has 1 heterocycles. The summed E-state index contributed by atoms with van der Waals surface area (Å²) in [5.74, 6) is 1.49. The van der Waals surface area contributed by atoms with Gasteiger partial charge >= 0.3 is 5.97 Å². The van der Waals surface area contributed by atoms with Crippen LogP contribution in [0.5, 0.6) is 0 Å². The Hall–Kier alpha value is -0.570. The second kappa shape index (κ2) is 6.05. The number of likely N-dealkylation sites (tertiary alicyclic amines) is 1. The van der Waals surface area contributed by atoms with Crippen molar-refractivity contribution in [2.75, 3.05) is 13.1 Å². The van der Waals surface area contributed by atoms with Gasteiger partial charge in [0.15, 0.2) is 0 Å². The van der Waals surface area contributed by atoms with Crippen molar-refractivity contribution in [3.63, 3.8) is 0 Å². The van der Waals surface area contributed by atoms with E-state index < -0.39 is 11.4 Å². The number of hydrogen-bond donors (Lipinski definition) is 1. The van der Waals surface area contributed by atoms with Gasteiger partial charge in [-0.05, 0) is 56.8 Å². The quantitative estimate of drug-likeness (QED) is 0.858. The molecule has 116 valence electrons. The first kappa shape index (κ1) is 15.8. The summed E-state index contributed by atoms with van der Waals surface area (Å²) in [4.78, 5) is 14.4.